The second kappa shape index (κ2) is 5.97. The summed E-state index contributed by atoms with van der Waals surface area (Å²) in [5.74, 6) is 3.80. The van der Waals surface area contributed by atoms with Crippen molar-refractivity contribution in [3.05, 3.63) is 30.1 Å². The van der Waals surface area contributed by atoms with E-state index in [1.54, 1.807) is 0 Å². The predicted molar refractivity (Wildman–Crippen MR) is 82.8 cm³/mol. The van der Waals surface area contributed by atoms with Gasteiger partial charge in [0.25, 0.3) is 0 Å². The van der Waals surface area contributed by atoms with Crippen molar-refractivity contribution >= 4 is 22.8 Å². The van der Waals surface area contributed by atoms with E-state index in [9.17, 15) is 0 Å². The van der Waals surface area contributed by atoms with Gasteiger partial charge in [0.1, 0.15) is 5.82 Å². The minimum absolute atomic E-state index is 0.741. The maximum atomic E-state index is 4.71. The number of imidazole rings is 1. The van der Waals surface area contributed by atoms with E-state index in [2.05, 4.69) is 53.0 Å². The Morgan fingerprint density at radius 2 is 2.32 bits per heavy atom. The van der Waals surface area contributed by atoms with Crippen molar-refractivity contribution in [2.45, 2.75) is 25.3 Å². The minimum Gasteiger partial charge on any atom is -0.331 e. The van der Waals surface area contributed by atoms with E-state index in [1.165, 1.54) is 35.7 Å². The number of para-hydroxylation sites is 2. The highest BCUT2D eigenvalue weighted by atomic mass is 32.2. The molecule has 19 heavy (non-hydrogen) atoms. The number of aryl methyl sites for hydroxylation is 2. The quantitative estimate of drug-likeness (QED) is 0.851. The topological polar surface area (TPSA) is 29.9 Å². The molecule has 1 aromatic carbocycles. The van der Waals surface area contributed by atoms with Crippen LogP contribution in [0.3, 0.4) is 0 Å². The van der Waals surface area contributed by atoms with Crippen LogP contribution in [0.5, 0.6) is 0 Å². The fourth-order valence-corrected chi connectivity index (χ4v) is 3.85. The maximum Gasteiger partial charge on any atom is 0.109 e. The van der Waals surface area contributed by atoms with Gasteiger partial charge in [0.2, 0.25) is 0 Å². The molecular weight excluding hydrogens is 254 g/mol. The fraction of sp³-hybridized carbons (Fsp3) is 0.533. The van der Waals surface area contributed by atoms with Crippen LogP contribution in [0.1, 0.15) is 18.7 Å². The van der Waals surface area contributed by atoms with Crippen molar-refractivity contribution in [1.82, 2.24) is 14.9 Å². The summed E-state index contributed by atoms with van der Waals surface area (Å²) in [6.45, 7) is 1.11. The zero-order valence-corrected chi connectivity index (χ0v) is 12.2. The van der Waals surface area contributed by atoms with Crippen LogP contribution in [0, 0.1) is 0 Å². The lowest BCUT2D eigenvalue weighted by Crippen LogP contribution is -2.29. The molecule has 0 radical (unpaired) electrons. The molecule has 2 heterocycles. The summed E-state index contributed by atoms with van der Waals surface area (Å²) in [5.41, 5.74) is 2.35. The third-order valence-corrected chi connectivity index (χ3v) is 4.98. The molecule has 1 unspecified atom stereocenters. The average Bonchev–Trinajstić information content (AvgIpc) is 3.04. The van der Waals surface area contributed by atoms with Gasteiger partial charge in [-0.15, -0.1) is 0 Å². The number of fused-ring (bicyclic) bond motifs is 1. The first kappa shape index (κ1) is 13.0. The number of hydrogen-bond donors (Lipinski definition) is 1. The summed E-state index contributed by atoms with van der Waals surface area (Å²) < 4.78 is 2.22. The lowest BCUT2D eigenvalue weighted by molar-refractivity contribution is 0.539. The van der Waals surface area contributed by atoms with Gasteiger partial charge in [0, 0.05) is 25.3 Å². The number of rotatable bonds is 5. The molecular formula is C15H21N3S. The largest absolute Gasteiger partial charge is 0.331 e. The van der Waals surface area contributed by atoms with Crippen LogP contribution in [0.15, 0.2) is 24.3 Å². The lowest BCUT2D eigenvalue weighted by Gasteiger charge is -2.10. The highest BCUT2D eigenvalue weighted by Crippen LogP contribution is 2.17. The minimum atomic E-state index is 0.741. The normalized spacial score (nSPS) is 19.3. The zero-order valence-electron chi connectivity index (χ0n) is 11.4. The van der Waals surface area contributed by atoms with E-state index in [4.69, 9.17) is 4.98 Å². The zero-order chi connectivity index (χ0) is 13.1. The number of benzene rings is 1. The predicted octanol–water partition coefficient (Wildman–Crippen LogP) is 2.60. The monoisotopic (exact) mass is 275 g/mol. The van der Waals surface area contributed by atoms with Gasteiger partial charge >= 0.3 is 0 Å². The van der Waals surface area contributed by atoms with Gasteiger partial charge in [0.15, 0.2) is 0 Å². The van der Waals surface area contributed by atoms with E-state index in [0.717, 1.165) is 24.5 Å². The van der Waals surface area contributed by atoms with Gasteiger partial charge in [-0.2, -0.15) is 11.8 Å². The van der Waals surface area contributed by atoms with Gasteiger partial charge in [-0.3, -0.25) is 0 Å². The molecule has 0 spiro atoms. The summed E-state index contributed by atoms with van der Waals surface area (Å²) in [4.78, 5) is 4.71. The van der Waals surface area contributed by atoms with Crippen molar-refractivity contribution in [1.29, 1.82) is 0 Å². The van der Waals surface area contributed by atoms with Crippen molar-refractivity contribution in [3.63, 3.8) is 0 Å². The molecule has 0 aliphatic carbocycles. The fourth-order valence-electron chi connectivity index (χ4n) is 2.67. The number of nitrogens with one attached hydrogen (secondary N) is 1. The number of aromatic nitrogens is 2. The van der Waals surface area contributed by atoms with E-state index < -0.39 is 0 Å². The smallest absolute Gasteiger partial charge is 0.109 e. The summed E-state index contributed by atoms with van der Waals surface area (Å²) in [6, 6.07) is 9.10. The highest BCUT2D eigenvalue weighted by molar-refractivity contribution is 7.99. The van der Waals surface area contributed by atoms with Gasteiger partial charge in [0.05, 0.1) is 11.0 Å². The lowest BCUT2D eigenvalue weighted by atomic mass is 10.2. The Hall–Kier alpha value is -1.00. The van der Waals surface area contributed by atoms with Crippen molar-refractivity contribution in [2.24, 2.45) is 7.05 Å². The van der Waals surface area contributed by atoms with Gasteiger partial charge in [-0.25, -0.2) is 4.98 Å². The van der Waals surface area contributed by atoms with Gasteiger partial charge in [-0.1, -0.05) is 12.1 Å². The average molecular weight is 275 g/mol. The standard InChI is InChI=1S/C15H21N3S/c1-18-14-6-3-2-5-13(14)17-15(18)7-4-9-16-12-8-10-19-11-12/h2-3,5-6,12,16H,4,7-11H2,1H3. The number of thioether (sulfide) groups is 1. The molecule has 3 nitrogen and oxygen atoms in total. The molecule has 2 aromatic rings. The SMILES string of the molecule is Cn1c(CCCNC2CCSC2)nc2ccccc21. The molecule has 1 N–H and O–H groups in total. The molecule has 1 aromatic heterocycles. The molecule has 1 fully saturated rings. The third kappa shape index (κ3) is 2.95. The molecule has 0 bridgehead atoms. The second-order valence-electron chi connectivity index (χ2n) is 5.19. The van der Waals surface area contributed by atoms with Crippen molar-refractivity contribution < 1.29 is 0 Å². The first-order chi connectivity index (χ1) is 9.34. The Morgan fingerprint density at radius 1 is 1.42 bits per heavy atom. The van der Waals surface area contributed by atoms with Crippen molar-refractivity contribution in [2.75, 3.05) is 18.1 Å². The molecule has 4 heteroatoms. The summed E-state index contributed by atoms with van der Waals surface area (Å²) in [6.07, 6.45) is 3.55. The summed E-state index contributed by atoms with van der Waals surface area (Å²) >= 11 is 2.06. The van der Waals surface area contributed by atoms with E-state index in [0.29, 0.717) is 0 Å². The van der Waals surface area contributed by atoms with Gasteiger partial charge in [-0.05, 0) is 37.3 Å². The van der Waals surface area contributed by atoms with Crippen LogP contribution in [0.2, 0.25) is 0 Å². The van der Waals surface area contributed by atoms with E-state index in [-0.39, 0.29) is 0 Å². The van der Waals surface area contributed by atoms with Crippen molar-refractivity contribution in [3.8, 4) is 0 Å². The van der Waals surface area contributed by atoms with Crippen LogP contribution >= 0.6 is 11.8 Å². The highest BCUT2D eigenvalue weighted by Gasteiger charge is 2.14. The first-order valence-electron chi connectivity index (χ1n) is 7.06. The van der Waals surface area contributed by atoms with Crippen LogP contribution in [0.4, 0.5) is 0 Å². The third-order valence-electron chi connectivity index (χ3n) is 3.82. The molecule has 3 rings (SSSR count). The molecule has 1 aliphatic heterocycles. The molecule has 1 saturated heterocycles. The van der Waals surface area contributed by atoms with Crippen LogP contribution < -0.4 is 5.32 Å². The first-order valence-corrected chi connectivity index (χ1v) is 8.21. The Morgan fingerprint density at radius 3 is 3.11 bits per heavy atom. The molecule has 1 aliphatic rings. The van der Waals surface area contributed by atoms with Crippen LogP contribution in [-0.2, 0) is 13.5 Å². The Bertz CT molecular complexity index is 543. The van der Waals surface area contributed by atoms with Crippen LogP contribution in [0.25, 0.3) is 11.0 Å². The van der Waals surface area contributed by atoms with Gasteiger partial charge < -0.3 is 9.88 Å². The Kier molecular flexibility index (Phi) is 4.09. The molecule has 0 saturated carbocycles. The second-order valence-corrected chi connectivity index (χ2v) is 6.34. The summed E-state index contributed by atoms with van der Waals surface area (Å²) in [7, 11) is 2.12. The number of hydrogen-bond acceptors (Lipinski definition) is 3. The summed E-state index contributed by atoms with van der Waals surface area (Å²) in [5, 5.41) is 3.65. The molecule has 102 valence electrons. The Balaban J connectivity index is 1.54. The number of nitrogens with zero attached hydrogens (tertiary/aromatic N) is 2. The van der Waals surface area contributed by atoms with Crippen LogP contribution in [-0.4, -0.2) is 33.6 Å². The molecule has 0 amide bonds. The maximum absolute atomic E-state index is 4.71. The van der Waals surface area contributed by atoms with E-state index >= 15 is 0 Å². The molecule has 1 atom stereocenters. The van der Waals surface area contributed by atoms with E-state index in [1.807, 2.05) is 0 Å². The Labute approximate surface area is 118 Å².